The van der Waals surface area contributed by atoms with Crippen LogP contribution in [0.5, 0.6) is 5.75 Å². The highest BCUT2D eigenvalue weighted by Gasteiger charge is 2.32. The number of ether oxygens (including phenoxy) is 1. The van der Waals surface area contributed by atoms with Gasteiger partial charge < -0.3 is 15.0 Å². The molecule has 1 N–H and O–H groups in total. The van der Waals surface area contributed by atoms with E-state index in [4.69, 9.17) is 4.74 Å². The highest BCUT2D eigenvalue weighted by atomic mass is 32.2. The standard InChI is InChI=1S/C15H18N2O5S/c1-17(11-4-5-23(20,21)9-11)15(19)7-10-2-3-13-12(6-10)16-14(18)8-22-13/h2-3,6,11H,4-5,7-9H2,1H3,(H,16,18). The minimum Gasteiger partial charge on any atom is -0.482 e. The first-order valence-corrected chi connectivity index (χ1v) is 9.18. The monoisotopic (exact) mass is 338 g/mol. The van der Waals surface area contributed by atoms with Crippen molar-refractivity contribution in [1.82, 2.24) is 4.90 Å². The number of nitrogens with one attached hydrogen (secondary N) is 1. The molecule has 0 aromatic heterocycles. The number of hydrogen-bond donors (Lipinski definition) is 1. The summed E-state index contributed by atoms with van der Waals surface area (Å²) < 4.78 is 28.3. The van der Waals surface area contributed by atoms with Gasteiger partial charge in [-0.1, -0.05) is 6.07 Å². The van der Waals surface area contributed by atoms with Crippen LogP contribution in [0.25, 0.3) is 0 Å². The molecule has 2 heterocycles. The number of sulfone groups is 1. The van der Waals surface area contributed by atoms with Gasteiger partial charge in [0.25, 0.3) is 5.91 Å². The van der Waals surface area contributed by atoms with Gasteiger partial charge in [-0.2, -0.15) is 0 Å². The second kappa shape index (κ2) is 5.84. The molecule has 0 aliphatic carbocycles. The zero-order chi connectivity index (χ0) is 16.6. The summed E-state index contributed by atoms with van der Waals surface area (Å²) in [5.74, 6) is 0.376. The minimum atomic E-state index is -3.02. The molecule has 2 aliphatic heterocycles. The summed E-state index contributed by atoms with van der Waals surface area (Å²) in [7, 11) is -1.39. The molecule has 1 saturated heterocycles. The van der Waals surface area contributed by atoms with Gasteiger partial charge in [0, 0.05) is 13.1 Å². The maximum absolute atomic E-state index is 12.4. The number of carbonyl (C=O) groups is 2. The smallest absolute Gasteiger partial charge is 0.262 e. The third kappa shape index (κ3) is 3.47. The minimum absolute atomic E-state index is 0.00975. The molecule has 1 atom stereocenters. The van der Waals surface area contributed by atoms with Gasteiger partial charge in [0.1, 0.15) is 5.75 Å². The Bertz CT molecular complexity index is 759. The number of hydrogen-bond acceptors (Lipinski definition) is 5. The second-order valence-electron chi connectivity index (χ2n) is 5.91. The fourth-order valence-corrected chi connectivity index (χ4v) is 4.60. The van der Waals surface area contributed by atoms with Crippen molar-refractivity contribution in [3.63, 3.8) is 0 Å². The molecule has 8 heteroatoms. The molecule has 7 nitrogen and oxygen atoms in total. The van der Waals surface area contributed by atoms with Crippen molar-refractivity contribution in [1.29, 1.82) is 0 Å². The van der Waals surface area contributed by atoms with Crippen LogP contribution in [0.2, 0.25) is 0 Å². The average Bonchev–Trinajstić information content (AvgIpc) is 2.86. The molecular weight excluding hydrogens is 320 g/mol. The lowest BCUT2D eigenvalue weighted by Gasteiger charge is -2.24. The zero-order valence-electron chi connectivity index (χ0n) is 12.7. The van der Waals surface area contributed by atoms with Crippen molar-refractivity contribution in [2.75, 3.05) is 30.5 Å². The van der Waals surface area contributed by atoms with Gasteiger partial charge in [-0.05, 0) is 24.1 Å². The predicted octanol–water partition coefficient (Wildman–Crippen LogP) is 0.206. The number of likely N-dealkylation sites (N-methyl/N-ethyl adjacent to an activating group) is 1. The van der Waals surface area contributed by atoms with Crippen LogP contribution in [0.4, 0.5) is 5.69 Å². The van der Waals surface area contributed by atoms with Crippen molar-refractivity contribution in [3.8, 4) is 5.75 Å². The molecule has 2 amide bonds. The summed E-state index contributed by atoms with van der Waals surface area (Å²) in [6, 6.07) is 4.95. The van der Waals surface area contributed by atoms with Crippen LogP contribution in [0.3, 0.4) is 0 Å². The van der Waals surface area contributed by atoms with Gasteiger partial charge in [0.05, 0.1) is 23.6 Å². The number of carbonyl (C=O) groups excluding carboxylic acids is 2. The van der Waals surface area contributed by atoms with E-state index >= 15 is 0 Å². The molecule has 0 spiro atoms. The van der Waals surface area contributed by atoms with E-state index in [0.29, 0.717) is 17.9 Å². The summed E-state index contributed by atoms with van der Waals surface area (Å²) in [4.78, 5) is 25.2. The van der Waals surface area contributed by atoms with Crippen molar-refractivity contribution >= 4 is 27.3 Å². The van der Waals surface area contributed by atoms with E-state index in [1.165, 1.54) is 4.90 Å². The summed E-state index contributed by atoms with van der Waals surface area (Å²) >= 11 is 0. The molecule has 124 valence electrons. The fourth-order valence-electron chi connectivity index (χ4n) is 2.82. The Morgan fingerprint density at radius 3 is 2.91 bits per heavy atom. The van der Waals surface area contributed by atoms with Crippen molar-refractivity contribution in [2.24, 2.45) is 0 Å². The number of fused-ring (bicyclic) bond motifs is 1. The van der Waals surface area contributed by atoms with E-state index in [2.05, 4.69) is 5.32 Å². The lowest BCUT2D eigenvalue weighted by atomic mass is 10.1. The van der Waals surface area contributed by atoms with Crippen LogP contribution in [-0.4, -0.2) is 56.3 Å². The van der Waals surface area contributed by atoms with Crippen molar-refractivity contribution < 1.29 is 22.7 Å². The second-order valence-corrected chi connectivity index (χ2v) is 8.13. The number of amides is 2. The zero-order valence-corrected chi connectivity index (χ0v) is 13.6. The Hall–Kier alpha value is -2.09. The predicted molar refractivity (Wildman–Crippen MR) is 84.1 cm³/mol. The van der Waals surface area contributed by atoms with E-state index in [0.717, 1.165) is 5.56 Å². The van der Waals surface area contributed by atoms with E-state index in [1.807, 2.05) is 0 Å². The molecular formula is C15H18N2O5S. The molecule has 23 heavy (non-hydrogen) atoms. The number of rotatable bonds is 3. The van der Waals surface area contributed by atoms with E-state index in [1.54, 1.807) is 25.2 Å². The van der Waals surface area contributed by atoms with E-state index in [-0.39, 0.29) is 42.4 Å². The van der Waals surface area contributed by atoms with Gasteiger partial charge in [0.15, 0.2) is 16.4 Å². The Labute approximate surface area is 134 Å². The summed E-state index contributed by atoms with van der Waals surface area (Å²) in [5.41, 5.74) is 1.30. The molecule has 0 bridgehead atoms. The number of benzene rings is 1. The lowest BCUT2D eigenvalue weighted by Crippen LogP contribution is -2.38. The maximum Gasteiger partial charge on any atom is 0.262 e. The highest BCUT2D eigenvalue weighted by Crippen LogP contribution is 2.29. The lowest BCUT2D eigenvalue weighted by molar-refractivity contribution is -0.130. The van der Waals surface area contributed by atoms with Crippen LogP contribution in [-0.2, 0) is 25.8 Å². The number of anilines is 1. The van der Waals surface area contributed by atoms with Crippen LogP contribution in [0, 0.1) is 0 Å². The summed E-state index contributed by atoms with van der Waals surface area (Å²) in [6.45, 7) is -0.00975. The van der Waals surface area contributed by atoms with Crippen LogP contribution in [0.1, 0.15) is 12.0 Å². The first kappa shape index (κ1) is 15.8. The molecule has 1 aromatic rings. The largest absolute Gasteiger partial charge is 0.482 e. The molecule has 0 radical (unpaired) electrons. The molecule has 0 saturated carbocycles. The van der Waals surface area contributed by atoms with Gasteiger partial charge >= 0.3 is 0 Å². The normalized spacial score (nSPS) is 22.0. The quantitative estimate of drug-likeness (QED) is 0.850. The van der Waals surface area contributed by atoms with Crippen molar-refractivity contribution in [2.45, 2.75) is 18.9 Å². The summed E-state index contributed by atoms with van der Waals surface area (Å²) in [5, 5.41) is 2.70. The Morgan fingerprint density at radius 2 is 2.22 bits per heavy atom. The first-order valence-electron chi connectivity index (χ1n) is 7.36. The third-order valence-corrected chi connectivity index (χ3v) is 5.93. The topological polar surface area (TPSA) is 92.8 Å². The fraction of sp³-hybridized carbons (Fsp3) is 0.467. The van der Waals surface area contributed by atoms with Crippen LogP contribution < -0.4 is 10.1 Å². The van der Waals surface area contributed by atoms with Gasteiger partial charge in [0.2, 0.25) is 5.91 Å². The maximum atomic E-state index is 12.4. The molecule has 1 aromatic carbocycles. The van der Waals surface area contributed by atoms with Crippen LogP contribution >= 0.6 is 0 Å². The van der Waals surface area contributed by atoms with Gasteiger partial charge in [-0.25, -0.2) is 8.42 Å². The SMILES string of the molecule is CN(C(=O)Cc1ccc2c(c1)NC(=O)CO2)C1CCS(=O)(=O)C1. The molecule has 1 unspecified atom stereocenters. The first-order chi connectivity index (χ1) is 10.8. The van der Waals surface area contributed by atoms with Gasteiger partial charge in [-0.3, -0.25) is 9.59 Å². The molecule has 2 aliphatic rings. The van der Waals surface area contributed by atoms with E-state index in [9.17, 15) is 18.0 Å². The van der Waals surface area contributed by atoms with Crippen molar-refractivity contribution in [3.05, 3.63) is 23.8 Å². The van der Waals surface area contributed by atoms with E-state index < -0.39 is 9.84 Å². The third-order valence-electron chi connectivity index (χ3n) is 4.18. The van der Waals surface area contributed by atoms with Gasteiger partial charge in [-0.15, -0.1) is 0 Å². The Morgan fingerprint density at radius 1 is 1.43 bits per heavy atom. The summed E-state index contributed by atoms with van der Waals surface area (Å²) in [6.07, 6.45) is 0.634. The molecule has 1 fully saturated rings. The highest BCUT2D eigenvalue weighted by molar-refractivity contribution is 7.91. The molecule has 3 rings (SSSR count). The average molecular weight is 338 g/mol. The Balaban J connectivity index is 1.68. The number of nitrogens with zero attached hydrogens (tertiary/aromatic N) is 1. The Kier molecular flexibility index (Phi) is 4.01. The van der Waals surface area contributed by atoms with Crippen LogP contribution in [0.15, 0.2) is 18.2 Å².